The molecule has 0 amide bonds. The van der Waals surface area contributed by atoms with Gasteiger partial charge in [0.05, 0.1) is 6.61 Å². The lowest BCUT2D eigenvalue weighted by Gasteiger charge is -2.03. The SMILES string of the molecule is Cc1cc(CO)c(Br)cc1I. The first kappa shape index (κ1) is 9.48. The summed E-state index contributed by atoms with van der Waals surface area (Å²) >= 11 is 5.65. The minimum absolute atomic E-state index is 0.0956. The van der Waals surface area contributed by atoms with Crippen LogP contribution in [0, 0.1) is 10.5 Å². The normalized spacial score (nSPS) is 10.2. The first-order valence-electron chi connectivity index (χ1n) is 3.20. The second-order valence-electron chi connectivity index (χ2n) is 2.35. The summed E-state index contributed by atoms with van der Waals surface area (Å²) in [6, 6.07) is 4.01. The summed E-state index contributed by atoms with van der Waals surface area (Å²) in [7, 11) is 0. The highest BCUT2D eigenvalue weighted by molar-refractivity contribution is 14.1. The zero-order chi connectivity index (χ0) is 8.43. The Labute approximate surface area is 88.1 Å². The van der Waals surface area contributed by atoms with E-state index in [-0.39, 0.29) is 6.61 Å². The molecular formula is C8H8BrIO. The van der Waals surface area contributed by atoms with Crippen molar-refractivity contribution in [2.75, 3.05) is 0 Å². The summed E-state index contributed by atoms with van der Waals surface area (Å²) in [4.78, 5) is 0. The minimum Gasteiger partial charge on any atom is -0.392 e. The third-order valence-electron chi connectivity index (χ3n) is 1.50. The zero-order valence-electron chi connectivity index (χ0n) is 6.06. The number of rotatable bonds is 1. The third kappa shape index (κ3) is 2.16. The van der Waals surface area contributed by atoms with E-state index in [0.29, 0.717) is 0 Å². The highest BCUT2D eigenvalue weighted by Gasteiger charge is 2.01. The smallest absolute Gasteiger partial charge is 0.0692 e. The molecule has 0 heterocycles. The number of halogens is 2. The van der Waals surface area contributed by atoms with Gasteiger partial charge in [-0.05, 0) is 46.7 Å². The van der Waals surface area contributed by atoms with Crippen LogP contribution in [-0.2, 0) is 6.61 Å². The van der Waals surface area contributed by atoms with Crippen molar-refractivity contribution in [3.05, 3.63) is 31.3 Å². The number of benzene rings is 1. The summed E-state index contributed by atoms with van der Waals surface area (Å²) in [5.74, 6) is 0. The molecule has 0 fully saturated rings. The predicted octanol–water partition coefficient (Wildman–Crippen LogP) is 2.85. The van der Waals surface area contributed by atoms with Gasteiger partial charge in [-0.15, -0.1) is 0 Å². The van der Waals surface area contributed by atoms with Crippen molar-refractivity contribution in [1.29, 1.82) is 0 Å². The van der Waals surface area contributed by atoms with Crippen LogP contribution in [0.2, 0.25) is 0 Å². The van der Waals surface area contributed by atoms with Gasteiger partial charge in [0.25, 0.3) is 0 Å². The van der Waals surface area contributed by atoms with Crippen LogP contribution in [0.25, 0.3) is 0 Å². The molecule has 0 aliphatic heterocycles. The third-order valence-corrected chi connectivity index (χ3v) is 3.40. The summed E-state index contributed by atoms with van der Waals surface area (Å²) in [6.07, 6.45) is 0. The van der Waals surface area contributed by atoms with Gasteiger partial charge in [-0.25, -0.2) is 0 Å². The molecule has 0 saturated carbocycles. The Balaban J connectivity index is 3.21. The van der Waals surface area contributed by atoms with Crippen LogP contribution in [0.1, 0.15) is 11.1 Å². The van der Waals surface area contributed by atoms with Crippen molar-refractivity contribution < 1.29 is 5.11 Å². The van der Waals surface area contributed by atoms with Gasteiger partial charge < -0.3 is 5.11 Å². The summed E-state index contributed by atoms with van der Waals surface area (Å²) in [5.41, 5.74) is 2.15. The summed E-state index contributed by atoms with van der Waals surface area (Å²) in [6.45, 7) is 2.13. The molecule has 11 heavy (non-hydrogen) atoms. The van der Waals surface area contributed by atoms with E-state index >= 15 is 0 Å². The fourth-order valence-corrected chi connectivity index (χ4v) is 2.20. The number of aliphatic hydroxyl groups excluding tert-OH is 1. The van der Waals surface area contributed by atoms with E-state index < -0.39 is 0 Å². The van der Waals surface area contributed by atoms with Crippen LogP contribution in [0.3, 0.4) is 0 Å². The van der Waals surface area contributed by atoms with Gasteiger partial charge in [0.15, 0.2) is 0 Å². The maximum Gasteiger partial charge on any atom is 0.0692 e. The van der Waals surface area contributed by atoms with Gasteiger partial charge in [0, 0.05) is 8.04 Å². The molecule has 1 rings (SSSR count). The molecule has 0 unspecified atom stereocenters. The molecule has 0 aromatic heterocycles. The van der Waals surface area contributed by atoms with E-state index in [0.717, 1.165) is 10.0 Å². The highest BCUT2D eigenvalue weighted by atomic mass is 127. The van der Waals surface area contributed by atoms with Crippen LogP contribution < -0.4 is 0 Å². The molecule has 0 atom stereocenters. The fourth-order valence-electron chi connectivity index (χ4n) is 0.838. The number of hydrogen-bond donors (Lipinski definition) is 1. The quantitative estimate of drug-likeness (QED) is 0.787. The van der Waals surface area contributed by atoms with Gasteiger partial charge in [-0.2, -0.15) is 0 Å². The lowest BCUT2D eigenvalue weighted by molar-refractivity contribution is 0.281. The lowest BCUT2D eigenvalue weighted by Crippen LogP contribution is -1.89. The molecule has 0 saturated heterocycles. The number of aryl methyl sites for hydroxylation is 1. The van der Waals surface area contributed by atoms with E-state index in [9.17, 15) is 0 Å². The van der Waals surface area contributed by atoms with Crippen LogP contribution in [-0.4, -0.2) is 5.11 Å². The molecule has 0 aliphatic carbocycles. The molecule has 1 aromatic carbocycles. The number of aliphatic hydroxyl groups is 1. The summed E-state index contributed by atoms with van der Waals surface area (Å²) < 4.78 is 2.20. The molecule has 0 spiro atoms. The average molecular weight is 327 g/mol. The number of hydrogen-bond acceptors (Lipinski definition) is 1. The standard InChI is InChI=1S/C8H8BrIO/c1-5-2-6(4-11)7(9)3-8(5)10/h2-3,11H,4H2,1H3. The van der Waals surface area contributed by atoms with Crippen LogP contribution in [0.4, 0.5) is 0 Å². The van der Waals surface area contributed by atoms with Crippen molar-refractivity contribution in [2.45, 2.75) is 13.5 Å². The molecule has 3 heteroatoms. The monoisotopic (exact) mass is 326 g/mol. The Hall–Kier alpha value is 0.390. The van der Waals surface area contributed by atoms with Crippen molar-refractivity contribution in [1.82, 2.24) is 0 Å². The van der Waals surface area contributed by atoms with Crippen molar-refractivity contribution >= 4 is 38.5 Å². The molecule has 1 N–H and O–H groups in total. The van der Waals surface area contributed by atoms with Crippen molar-refractivity contribution in [3.63, 3.8) is 0 Å². The Morgan fingerprint density at radius 2 is 2.18 bits per heavy atom. The minimum atomic E-state index is 0.0956. The molecule has 0 bridgehead atoms. The molecular weight excluding hydrogens is 319 g/mol. The first-order valence-corrected chi connectivity index (χ1v) is 5.07. The predicted molar refractivity (Wildman–Crippen MR) is 57.5 cm³/mol. The van der Waals surface area contributed by atoms with Crippen molar-refractivity contribution in [3.8, 4) is 0 Å². The average Bonchev–Trinajstić information content (AvgIpc) is 1.97. The van der Waals surface area contributed by atoms with Crippen LogP contribution >= 0.6 is 38.5 Å². The lowest BCUT2D eigenvalue weighted by atomic mass is 10.1. The Morgan fingerprint density at radius 3 is 2.73 bits per heavy atom. The Morgan fingerprint density at radius 1 is 1.55 bits per heavy atom. The molecule has 1 nitrogen and oxygen atoms in total. The summed E-state index contributed by atoms with van der Waals surface area (Å²) in [5, 5.41) is 8.90. The van der Waals surface area contributed by atoms with E-state index in [2.05, 4.69) is 38.5 Å². The van der Waals surface area contributed by atoms with Gasteiger partial charge in [-0.3, -0.25) is 0 Å². The maximum atomic E-state index is 8.90. The van der Waals surface area contributed by atoms with E-state index in [1.54, 1.807) is 0 Å². The van der Waals surface area contributed by atoms with Crippen molar-refractivity contribution in [2.24, 2.45) is 0 Å². The van der Waals surface area contributed by atoms with Gasteiger partial charge in [-0.1, -0.05) is 22.0 Å². The Bertz CT molecular complexity index is 273. The van der Waals surface area contributed by atoms with Gasteiger partial charge in [0.1, 0.15) is 0 Å². The first-order chi connectivity index (χ1) is 5.15. The van der Waals surface area contributed by atoms with E-state index in [4.69, 9.17) is 5.11 Å². The fraction of sp³-hybridized carbons (Fsp3) is 0.250. The van der Waals surface area contributed by atoms with Crippen LogP contribution in [0.15, 0.2) is 16.6 Å². The largest absolute Gasteiger partial charge is 0.392 e. The van der Waals surface area contributed by atoms with Gasteiger partial charge >= 0.3 is 0 Å². The molecule has 0 radical (unpaired) electrons. The van der Waals surface area contributed by atoms with Crippen LogP contribution in [0.5, 0.6) is 0 Å². The van der Waals surface area contributed by atoms with Gasteiger partial charge in [0.2, 0.25) is 0 Å². The topological polar surface area (TPSA) is 20.2 Å². The zero-order valence-corrected chi connectivity index (χ0v) is 9.81. The van der Waals surface area contributed by atoms with E-state index in [1.165, 1.54) is 9.13 Å². The Kier molecular flexibility index (Phi) is 3.33. The van der Waals surface area contributed by atoms with E-state index in [1.807, 2.05) is 19.1 Å². The molecule has 1 aromatic rings. The second kappa shape index (κ2) is 3.87. The molecule has 0 aliphatic rings. The highest BCUT2D eigenvalue weighted by Crippen LogP contribution is 2.22. The maximum absolute atomic E-state index is 8.90. The molecule has 60 valence electrons. The second-order valence-corrected chi connectivity index (χ2v) is 4.37.